The Bertz CT molecular complexity index is 1500. The third-order valence-electron chi connectivity index (χ3n) is 7.19. The average molecular weight is 605 g/mol. The van der Waals surface area contributed by atoms with Crippen LogP contribution in [0, 0.1) is 28.4 Å². The molecule has 0 aromatic heterocycles. The summed E-state index contributed by atoms with van der Waals surface area (Å²) in [5, 5.41) is 17.0. The molecule has 5 nitrogen and oxygen atoms in total. The molecule has 3 aromatic carbocycles. The van der Waals surface area contributed by atoms with Crippen molar-refractivity contribution in [2.75, 3.05) is 11.6 Å². The van der Waals surface area contributed by atoms with Crippen LogP contribution in [0.4, 0.5) is 14.5 Å². The molecule has 1 amide bonds. The van der Waals surface area contributed by atoms with Gasteiger partial charge in [-0.05, 0) is 59.9 Å². The molecule has 0 bridgehead atoms. The van der Waals surface area contributed by atoms with Crippen LogP contribution < -0.4 is 10.6 Å². The maximum Gasteiger partial charge on any atom is 0.242 e. The van der Waals surface area contributed by atoms with Crippen molar-refractivity contribution in [3.63, 3.8) is 0 Å². The molecular formula is C30H29Cl2F2N3O2S. The van der Waals surface area contributed by atoms with Crippen LogP contribution in [0.25, 0.3) is 0 Å². The van der Waals surface area contributed by atoms with Crippen molar-refractivity contribution in [2.24, 2.45) is 5.41 Å². The van der Waals surface area contributed by atoms with Crippen molar-refractivity contribution in [2.45, 2.75) is 55.5 Å². The number of hydrogen-bond donors (Lipinski definition) is 2. The SMILES string of the molecule is CS(=O)c1ccc(NC(=O)[C@@H]2NC(CC(C)(C)C)[C@](C#N)(c3ccc(Cl)cc3F)C2c2cccc(Cl)c2F)cc1. The molecule has 4 rings (SSSR count). The highest BCUT2D eigenvalue weighted by atomic mass is 35.5. The van der Waals surface area contributed by atoms with Gasteiger partial charge >= 0.3 is 0 Å². The van der Waals surface area contributed by atoms with E-state index in [1.807, 2.05) is 20.8 Å². The molecule has 1 heterocycles. The van der Waals surface area contributed by atoms with Gasteiger partial charge in [0.1, 0.15) is 17.0 Å². The third kappa shape index (κ3) is 5.80. The molecule has 0 saturated carbocycles. The molecule has 1 saturated heterocycles. The number of carbonyl (C=O) groups excluding carboxylic acids is 1. The van der Waals surface area contributed by atoms with E-state index in [9.17, 15) is 14.3 Å². The minimum Gasteiger partial charge on any atom is -0.325 e. The summed E-state index contributed by atoms with van der Waals surface area (Å²) in [4.78, 5) is 14.5. The smallest absolute Gasteiger partial charge is 0.242 e. The summed E-state index contributed by atoms with van der Waals surface area (Å²) in [5.41, 5.74) is -1.61. The van der Waals surface area contributed by atoms with E-state index in [-0.39, 0.29) is 26.6 Å². The van der Waals surface area contributed by atoms with E-state index in [4.69, 9.17) is 23.2 Å². The lowest BCUT2D eigenvalue weighted by atomic mass is 9.62. The van der Waals surface area contributed by atoms with Gasteiger partial charge in [-0.3, -0.25) is 9.00 Å². The minimum atomic E-state index is -1.71. The Morgan fingerprint density at radius 1 is 1.12 bits per heavy atom. The Morgan fingerprint density at radius 3 is 2.38 bits per heavy atom. The second kappa shape index (κ2) is 11.6. The summed E-state index contributed by atoms with van der Waals surface area (Å²) in [6.45, 7) is 5.91. The van der Waals surface area contributed by atoms with Crippen molar-refractivity contribution in [3.05, 3.63) is 93.5 Å². The Morgan fingerprint density at radius 2 is 1.80 bits per heavy atom. The lowest BCUT2D eigenvalue weighted by Crippen LogP contribution is -2.45. The molecule has 3 unspecified atom stereocenters. The van der Waals surface area contributed by atoms with Crippen LogP contribution in [0.2, 0.25) is 10.0 Å². The van der Waals surface area contributed by atoms with E-state index in [1.165, 1.54) is 30.3 Å². The standard InChI is InChI=1S/C30H29Cl2F2N3O2S/c1-29(2,3)15-24-30(16-35,21-13-8-17(31)14-23(21)33)25(20-6-5-7-22(32)26(20)34)27(37-24)28(38)36-18-9-11-19(12-10-18)40(4)39/h5-14,24-25,27,37H,15H2,1-4H3,(H,36,38)/t24?,25?,27-,30+,40?/m1/s1. The van der Waals surface area contributed by atoms with Crippen LogP contribution in [-0.4, -0.2) is 28.5 Å². The quantitative estimate of drug-likeness (QED) is 0.319. The number of rotatable bonds is 6. The van der Waals surface area contributed by atoms with E-state index in [2.05, 4.69) is 16.7 Å². The third-order valence-corrected chi connectivity index (χ3v) is 8.65. The predicted octanol–water partition coefficient (Wildman–Crippen LogP) is 6.97. The van der Waals surface area contributed by atoms with E-state index >= 15 is 8.78 Å². The number of halogens is 4. The Labute approximate surface area is 245 Å². The summed E-state index contributed by atoms with van der Waals surface area (Å²) >= 11 is 12.2. The average Bonchev–Trinajstić information content (AvgIpc) is 3.19. The number of nitrogens with one attached hydrogen (secondary N) is 2. The number of carbonyl (C=O) groups is 1. The zero-order valence-corrected chi connectivity index (χ0v) is 24.7. The second-order valence-corrected chi connectivity index (χ2v) is 13.4. The highest BCUT2D eigenvalue weighted by Gasteiger charge is 2.61. The monoisotopic (exact) mass is 603 g/mol. The first-order valence-corrected chi connectivity index (χ1v) is 14.9. The molecule has 1 aliphatic rings. The van der Waals surface area contributed by atoms with Gasteiger partial charge in [-0.15, -0.1) is 0 Å². The Balaban J connectivity index is 1.92. The van der Waals surface area contributed by atoms with Gasteiger partial charge in [-0.2, -0.15) is 5.26 Å². The molecule has 0 radical (unpaired) electrons. The summed E-state index contributed by atoms with van der Waals surface area (Å²) in [6.07, 6.45) is 1.91. The molecule has 210 valence electrons. The minimum absolute atomic E-state index is 0.00982. The second-order valence-electron chi connectivity index (χ2n) is 11.2. The fraction of sp³-hybridized carbons (Fsp3) is 0.333. The summed E-state index contributed by atoms with van der Waals surface area (Å²) in [5.74, 6) is -3.22. The van der Waals surface area contributed by atoms with Crippen LogP contribution in [0.5, 0.6) is 0 Å². The molecule has 40 heavy (non-hydrogen) atoms. The molecule has 10 heteroatoms. The van der Waals surface area contributed by atoms with Gasteiger partial charge < -0.3 is 10.6 Å². The van der Waals surface area contributed by atoms with Crippen molar-refractivity contribution >= 4 is 45.6 Å². The predicted molar refractivity (Wildman–Crippen MR) is 155 cm³/mol. The number of nitrogens with zero attached hydrogens (tertiary/aromatic N) is 1. The lowest BCUT2D eigenvalue weighted by molar-refractivity contribution is -0.118. The van der Waals surface area contributed by atoms with Crippen molar-refractivity contribution in [1.82, 2.24) is 5.32 Å². The molecule has 5 atom stereocenters. The summed E-state index contributed by atoms with van der Waals surface area (Å²) in [6, 6.07) is 15.3. The zero-order valence-electron chi connectivity index (χ0n) is 22.4. The normalized spacial score (nSPS) is 23.4. The van der Waals surface area contributed by atoms with E-state index in [0.717, 1.165) is 6.07 Å². The molecule has 3 aromatic rings. The number of amides is 1. The van der Waals surface area contributed by atoms with Gasteiger partial charge in [0.05, 0.1) is 17.1 Å². The summed E-state index contributed by atoms with van der Waals surface area (Å²) < 4.78 is 43.2. The first-order valence-electron chi connectivity index (χ1n) is 12.6. The van der Waals surface area contributed by atoms with Crippen molar-refractivity contribution < 1.29 is 17.8 Å². The first-order chi connectivity index (χ1) is 18.8. The number of benzene rings is 3. The van der Waals surface area contributed by atoms with Crippen LogP contribution in [0.15, 0.2) is 65.6 Å². The lowest BCUT2D eigenvalue weighted by Gasteiger charge is -2.37. The van der Waals surface area contributed by atoms with Gasteiger partial charge in [-0.25, -0.2) is 8.78 Å². The Kier molecular flexibility index (Phi) is 8.72. The largest absolute Gasteiger partial charge is 0.325 e. The van der Waals surface area contributed by atoms with E-state index in [1.54, 1.807) is 30.5 Å². The number of anilines is 1. The number of nitriles is 1. The van der Waals surface area contributed by atoms with Gasteiger partial charge in [0, 0.05) is 50.2 Å². The molecule has 2 N–H and O–H groups in total. The van der Waals surface area contributed by atoms with E-state index in [0.29, 0.717) is 17.0 Å². The van der Waals surface area contributed by atoms with E-state index < -0.39 is 51.8 Å². The fourth-order valence-corrected chi connectivity index (χ4v) is 6.37. The maximum atomic E-state index is 15.7. The molecule has 0 aliphatic carbocycles. The van der Waals surface area contributed by atoms with Crippen LogP contribution in [-0.2, 0) is 21.0 Å². The molecule has 0 spiro atoms. The fourth-order valence-electron chi connectivity index (χ4n) is 5.51. The van der Waals surface area contributed by atoms with Gasteiger partial charge in [0.15, 0.2) is 0 Å². The van der Waals surface area contributed by atoms with Crippen LogP contribution in [0.1, 0.15) is 44.2 Å². The van der Waals surface area contributed by atoms with Gasteiger partial charge in [-0.1, -0.05) is 62.2 Å². The highest BCUT2D eigenvalue weighted by Crippen LogP contribution is 2.52. The summed E-state index contributed by atoms with van der Waals surface area (Å²) in [7, 11) is -1.20. The van der Waals surface area contributed by atoms with Gasteiger partial charge in [0.25, 0.3) is 0 Å². The van der Waals surface area contributed by atoms with Gasteiger partial charge in [0.2, 0.25) is 5.91 Å². The highest BCUT2D eigenvalue weighted by molar-refractivity contribution is 7.84. The molecule has 1 fully saturated rings. The van der Waals surface area contributed by atoms with Crippen LogP contribution in [0.3, 0.4) is 0 Å². The molecule has 1 aliphatic heterocycles. The first kappa shape index (κ1) is 30.1. The van der Waals surface area contributed by atoms with Crippen molar-refractivity contribution in [3.8, 4) is 6.07 Å². The zero-order chi connectivity index (χ0) is 29.4. The molecular weight excluding hydrogens is 575 g/mol. The topological polar surface area (TPSA) is 82.0 Å². The Hall–Kier alpha value is -2.83. The van der Waals surface area contributed by atoms with Crippen LogP contribution >= 0.6 is 23.2 Å². The van der Waals surface area contributed by atoms with Crippen molar-refractivity contribution in [1.29, 1.82) is 5.26 Å². The number of hydrogen-bond acceptors (Lipinski definition) is 4. The maximum absolute atomic E-state index is 15.7.